The molecule has 0 bridgehead atoms. The second kappa shape index (κ2) is 10.9. The first-order chi connectivity index (χ1) is 16.5. The standard InChI is InChI=1S/C28H27F3O3/c1-3-4-5-6-26-33-16-21(17-34-26)20-11-12-22(24(29)15-20)18-7-9-19(10-8-18)23-13-14-25(32-2)28(31)27(23)30/h3-4,7-15,21,26H,5-6,16-17H2,1-2H3. The largest absolute Gasteiger partial charge is 0.494 e. The van der Waals surface area contributed by atoms with Gasteiger partial charge in [-0.25, -0.2) is 8.78 Å². The molecular weight excluding hydrogens is 441 g/mol. The average Bonchev–Trinajstić information content (AvgIpc) is 2.86. The molecule has 1 fully saturated rings. The van der Waals surface area contributed by atoms with Gasteiger partial charge in [0.1, 0.15) is 5.82 Å². The van der Waals surface area contributed by atoms with Crippen LogP contribution < -0.4 is 4.74 Å². The van der Waals surface area contributed by atoms with E-state index in [9.17, 15) is 13.2 Å². The molecule has 4 rings (SSSR count). The summed E-state index contributed by atoms with van der Waals surface area (Å²) in [6.45, 7) is 2.95. The topological polar surface area (TPSA) is 27.7 Å². The van der Waals surface area contributed by atoms with Gasteiger partial charge in [-0.05, 0) is 48.2 Å². The number of hydrogen-bond donors (Lipinski definition) is 0. The summed E-state index contributed by atoms with van der Waals surface area (Å²) in [6, 6.07) is 14.6. The lowest BCUT2D eigenvalue weighted by Crippen LogP contribution is -2.30. The van der Waals surface area contributed by atoms with Crippen molar-refractivity contribution in [2.24, 2.45) is 0 Å². The normalized spacial score (nSPS) is 18.4. The van der Waals surface area contributed by atoms with Crippen LogP contribution in [0.3, 0.4) is 0 Å². The number of halogens is 3. The number of ether oxygens (including phenoxy) is 3. The number of rotatable bonds is 7. The molecule has 0 unspecified atom stereocenters. The molecule has 0 saturated carbocycles. The molecule has 3 aromatic rings. The van der Waals surface area contributed by atoms with E-state index in [1.807, 2.05) is 19.1 Å². The molecule has 0 spiro atoms. The summed E-state index contributed by atoms with van der Waals surface area (Å²) < 4.78 is 59.8. The van der Waals surface area contributed by atoms with Gasteiger partial charge in [-0.2, -0.15) is 4.39 Å². The average molecular weight is 469 g/mol. The lowest BCUT2D eigenvalue weighted by Gasteiger charge is -2.29. The maximum absolute atomic E-state index is 15.0. The van der Waals surface area contributed by atoms with Crippen LogP contribution in [0.5, 0.6) is 5.75 Å². The lowest BCUT2D eigenvalue weighted by molar-refractivity contribution is -0.189. The molecule has 1 saturated heterocycles. The van der Waals surface area contributed by atoms with Gasteiger partial charge in [0.25, 0.3) is 0 Å². The monoisotopic (exact) mass is 468 g/mol. The maximum atomic E-state index is 15.0. The van der Waals surface area contributed by atoms with Crippen LogP contribution in [-0.2, 0) is 9.47 Å². The second-order valence-corrected chi connectivity index (χ2v) is 8.20. The van der Waals surface area contributed by atoms with E-state index < -0.39 is 11.6 Å². The van der Waals surface area contributed by atoms with Crippen molar-refractivity contribution in [1.29, 1.82) is 0 Å². The fraction of sp³-hybridized carbons (Fsp3) is 0.286. The van der Waals surface area contributed by atoms with Crippen molar-refractivity contribution in [2.75, 3.05) is 20.3 Å². The number of allylic oxidation sites excluding steroid dienone is 2. The first-order valence-electron chi connectivity index (χ1n) is 11.3. The zero-order chi connectivity index (χ0) is 24.1. The van der Waals surface area contributed by atoms with Crippen LogP contribution >= 0.6 is 0 Å². The van der Waals surface area contributed by atoms with Crippen LogP contribution in [-0.4, -0.2) is 26.6 Å². The van der Waals surface area contributed by atoms with E-state index in [4.69, 9.17) is 14.2 Å². The van der Waals surface area contributed by atoms with E-state index in [0.717, 1.165) is 18.4 Å². The van der Waals surface area contributed by atoms with Gasteiger partial charge in [-0.15, -0.1) is 0 Å². The molecule has 3 aromatic carbocycles. The Labute approximate surface area is 197 Å². The molecule has 34 heavy (non-hydrogen) atoms. The van der Waals surface area contributed by atoms with Crippen LogP contribution in [0.4, 0.5) is 13.2 Å². The van der Waals surface area contributed by atoms with E-state index >= 15 is 0 Å². The van der Waals surface area contributed by atoms with Crippen LogP contribution in [0.2, 0.25) is 0 Å². The Morgan fingerprint density at radius 1 is 0.882 bits per heavy atom. The number of benzene rings is 3. The molecule has 0 atom stereocenters. The molecule has 0 amide bonds. The van der Waals surface area contributed by atoms with Crippen molar-refractivity contribution in [1.82, 2.24) is 0 Å². The third-order valence-corrected chi connectivity index (χ3v) is 6.01. The first kappa shape index (κ1) is 24.0. The highest BCUT2D eigenvalue weighted by atomic mass is 19.2. The van der Waals surface area contributed by atoms with Gasteiger partial charge < -0.3 is 14.2 Å². The maximum Gasteiger partial charge on any atom is 0.201 e. The summed E-state index contributed by atoms with van der Waals surface area (Å²) in [7, 11) is 1.28. The zero-order valence-corrected chi connectivity index (χ0v) is 19.2. The van der Waals surface area contributed by atoms with Crippen LogP contribution in [0.25, 0.3) is 22.3 Å². The van der Waals surface area contributed by atoms with Crippen LogP contribution in [0, 0.1) is 17.5 Å². The second-order valence-electron chi connectivity index (χ2n) is 8.20. The number of methoxy groups -OCH3 is 1. The minimum Gasteiger partial charge on any atom is -0.494 e. The van der Waals surface area contributed by atoms with Crippen molar-refractivity contribution < 1.29 is 27.4 Å². The summed E-state index contributed by atoms with van der Waals surface area (Å²) >= 11 is 0. The lowest BCUT2D eigenvalue weighted by atomic mass is 9.95. The molecule has 1 heterocycles. The van der Waals surface area contributed by atoms with Gasteiger partial charge >= 0.3 is 0 Å². The summed E-state index contributed by atoms with van der Waals surface area (Å²) in [5.74, 6) is -2.56. The smallest absolute Gasteiger partial charge is 0.201 e. The van der Waals surface area contributed by atoms with E-state index in [1.54, 1.807) is 30.3 Å². The molecule has 3 nitrogen and oxygen atoms in total. The quantitative estimate of drug-likeness (QED) is 0.342. The highest BCUT2D eigenvalue weighted by molar-refractivity contribution is 5.71. The van der Waals surface area contributed by atoms with Crippen molar-refractivity contribution in [3.63, 3.8) is 0 Å². The predicted molar refractivity (Wildman–Crippen MR) is 126 cm³/mol. The molecule has 1 aliphatic heterocycles. The SMILES string of the molecule is CC=CCCC1OCC(c2ccc(-c3ccc(-c4ccc(OC)c(F)c4F)cc3)c(F)c2)CO1. The summed E-state index contributed by atoms with van der Waals surface area (Å²) in [5, 5.41) is 0. The molecule has 6 heteroatoms. The Morgan fingerprint density at radius 3 is 2.15 bits per heavy atom. The van der Waals surface area contributed by atoms with E-state index in [2.05, 4.69) is 6.08 Å². The van der Waals surface area contributed by atoms with Gasteiger partial charge in [0, 0.05) is 23.5 Å². The fourth-order valence-electron chi connectivity index (χ4n) is 4.06. The molecule has 0 N–H and O–H groups in total. The van der Waals surface area contributed by atoms with Gasteiger partial charge in [0.15, 0.2) is 17.9 Å². The molecule has 1 aliphatic rings. The minimum atomic E-state index is -1.04. The van der Waals surface area contributed by atoms with Gasteiger partial charge in [-0.3, -0.25) is 0 Å². The van der Waals surface area contributed by atoms with Crippen molar-refractivity contribution in [3.05, 3.63) is 89.8 Å². The molecule has 0 radical (unpaired) electrons. The molecule has 0 aliphatic carbocycles. The van der Waals surface area contributed by atoms with Crippen molar-refractivity contribution >= 4 is 0 Å². The van der Waals surface area contributed by atoms with E-state index in [0.29, 0.717) is 29.9 Å². The van der Waals surface area contributed by atoms with E-state index in [1.165, 1.54) is 25.3 Å². The van der Waals surface area contributed by atoms with Crippen LogP contribution in [0.1, 0.15) is 31.2 Å². The Bertz CT molecular complexity index is 1150. The molecule has 178 valence electrons. The van der Waals surface area contributed by atoms with Gasteiger partial charge in [0.2, 0.25) is 5.82 Å². The summed E-state index contributed by atoms with van der Waals surface area (Å²) in [5.41, 5.74) is 2.49. The Kier molecular flexibility index (Phi) is 7.70. The number of hydrogen-bond acceptors (Lipinski definition) is 3. The Morgan fingerprint density at radius 2 is 1.53 bits per heavy atom. The summed E-state index contributed by atoms with van der Waals surface area (Å²) in [4.78, 5) is 0. The van der Waals surface area contributed by atoms with E-state index in [-0.39, 0.29) is 29.3 Å². The van der Waals surface area contributed by atoms with Crippen LogP contribution in [0.15, 0.2) is 66.7 Å². The third-order valence-electron chi connectivity index (χ3n) is 6.01. The Hall–Kier alpha value is -3.09. The van der Waals surface area contributed by atoms with Crippen molar-refractivity contribution in [2.45, 2.75) is 32.0 Å². The molecule has 0 aromatic heterocycles. The fourth-order valence-corrected chi connectivity index (χ4v) is 4.06. The highest BCUT2D eigenvalue weighted by Gasteiger charge is 2.24. The Balaban J connectivity index is 1.46. The van der Waals surface area contributed by atoms with Gasteiger partial charge in [0.05, 0.1) is 20.3 Å². The highest BCUT2D eigenvalue weighted by Crippen LogP contribution is 2.33. The summed E-state index contributed by atoms with van der Waals surface area (Å²) in [6.07, 6.45) is 5.55. The zero-order valence-electron chi connectivity index (χ0n) is 19.2. The minimum absolute atomic E-state index is 0.0307. The molecular formula is C28H27F3O3. The van der Waals surface area contributed by atoms with Gasteiger partial charge in [-0.1, -0.05) is 48.6 Å². The first-order valence-corrected chi connectivity index (χ1v) is 11.3. The predicted octanol–water partition coefficient (Wildman–Crippen LogP) is 7.26. The third kappa shape index (κ3) is 5.18. The van der Waals surface area contributed by atoms with Crippen molar-refractivity contribution in [3.8, 4) is 28.0 Å².